The van der Waals surface area contributed by atoms with Crippen LogP contribution in [0.3, 0.4) is 0 Å². The lowest BCUT2D eigenvalue weighted by molar-refractivity contribution is 0.396. The highest BCUT2D eigenvalue weighted by molar-refractivity contribution is 5.89. The minimum absolute atomic E-state index is 0.0500. The maximum atomic E-state index is 5.94. The van der Waals surface area contributed by atoms with E-state index >= 15 is 0 Å². The fourth-order valence-corrected chi connectivity index (χ4v) is 3.73. The van der Waals surface area contributed by atoms with Gasteiger partial charge in [0.05, 0.1) is 5.52 Å². The zero-order valence-electron chi connectivity index (χ0n) is 15.0. The summed E-state index contributed by atoms with van der Waals surface area (Å²) < 4.78 is 5.94. The molecule has 2 aromatic carbocycles. The Hall–Kier alpha value is -3.28. The molecule has 1 atom stereocenters. The molecule has 0 fully saturated rings. The number of benzene rings is 2. The average molecular weight is 357 g/mol. The monoisotopic (exact) mass is 357 g/mol. The second-order valence-electron chi connectivity index (χ2n) is 6.72. The van der Waals surface area contributed by atoms with Crippen LogP contribution in [0.15, 0.2) is 59.3 Å². The molecule has 0 spiro atoms. The van der Waals surface area contributed by atoms with Gasteiger partial charge in [0.25, 0.3) is 0 Å². The van der Waals surface area contributed by atoms with Crippen molar-refractivity contribution in [2.45, 2.75) is 32.4 Å². The van der Waals surface area contributed by atoms with E-state index in [0.29, 0.717) is 11.8 Å². The second-order valence-corrected chi connectivity index (χ2v) is 6.72. The Kier molecular flexibility index (Phi) is 3.81. The summed E-state index contributed by atoms with van der Waals surface area (Å²) in [7, 11) is 0. The molecule has 3 heterocycles. The van der Waals surface area contributed by atoms with Gasteiger partial charge in [0.2, 0.25) is 11.8 Å². The molecule has 27 heavy (non-hydrogen) atoms. The van der Waals surface area contributed by atoms with Gasteiger partial charge in [-0.2, -0.15) is 0 Å². The summed E-state index contributed by atoms with van der Waals surface area (Å²) in [6, 6.07) is 16.5. The summed E-state index contributed by atoms with van der Waals surface area (Å²) in [5.41, 5.74) is 3.54. The van der Waals surface area contributed by atoms with Crippen LogP contribution >= 0.6 is 0 Å². The third-order valence-corrected chi connectivity index (χ3v) is 5.11. The number of hydrogen-bond donors (Lipinski definition) is 0. The third kappa shape index (κ3) is 2.73. The molecule has 134 valence electrons. The molecule has 0 radical (unpaired) electrons. The Morgan fingerprint density at radius 1 is 1.00 bits per heavy atom. The highest BCUT2D eigenvalue weighted by Gasteiger charge is 2.33. The van der Waals surface area contributed by atoms with Crippen molar-refractivity contribution in [3.63, 3.8) is 0 Å². The quantitative estimate of drug-likeness (QED) is 0.554. The largest absolute Gasteiger partial charge is 0.423 e. The standard InChI is InChI=1S/C21H19N5O/c1-2-19-24-25-21(27-19)18-11-14-7-3-4-8-15(14)12-26(18)20-16-9-5-6-10-17(16)22-13-23-20/h3-10,13,18H,2,11-12H2,1H3/t18-/m0/s1. The molecule has 4 aromatic rings. The van der Waals surface area contributed by atoms with E-state index in [-0.39, 0.29) is 6.04 Å². The van der Waals surface area contributed by atoms with Crippen molar-refractivity contribution in [1.29, 1.82) is 0 Å². The number of fused-ring (bicyclic) bond motifs is 2. The van der Waals surface area contributed by atoms with Crippen molar-refractivity contribution in [2.75, 3.05) is 4.90 Å². The normalized spacial score (nSPS) is 16.5. The summed E-state index contributed by atoms with van der Waals surface area (Å²) in [5.74, 6) is 2.21. The van der Waals surface area contributed by atoms with Gasteiger partial charge in [-0.25, -0.2) is 9.97 Å². The molecular weight excluding hydrogens is 338 g/mol. The van der Waals surface area contributed by atoms with E-state index in [2.05, 4.69) is 55.4 Å². The number of hydrogen-bond acceptors (Lipinski definition) is 6. The highest BCUT2D eigenvalue weighted by Crippen LogP contribution is 2.37. The third-order valence-electron chi connectivity index (χ3n) is 5.11. The first-order chi connectivity index (χ1) is 13.3. The van der Waals surface area contributed by atoms with Crippen molar-refractivity contribution in [1.82, 2.24) is 20.2 Å². The molecule has 2 aromatic heterocycles. The molecule has 0 amide bonds. The van der Waals surface area contributed by atoms with E-state index in [4.69, 9.17) is 4.42 Å². The minimum atomic E-state index is -0.0500. The lowest BCUT2D eigenvalue weighted by atomic mass is 9.93. The van der Waals surface area contributed by atoms with Gasteiger partial charge in [-0.3, -0.25) is 0 Å². The molecule has 0 aliphatic carbocycles. The van der Waals surface area contributed by atoms with Gasteiger partial charge >= 0.3 is 0 Å². The number of rotatable bonds is 3. The fraction of sp³-hybridized carbons (Fsp3) is 0.238. The summed E-state index contributed by atoms with van der Waals surface area (Å²) >= 11 is 0. The first-order valence-corrected chi connectivity index (χ1v) is 9.19. The van der Waals surface area contributed by atoms with Gasteiger partial charge < -0.3 is 9.32 Å². The van der Waals surface area contributed by atoms with Crippen LogP contribution in [0.25, 0.3) is 10.9 Å². The summed E-state index contributed by atoms with van der Waals surface area (Å²) in [5, 5.41) is 9.55. The first-order valence-electron chi connectivity index (χ1n) is 9.19. The molecular formula is C21H19N5O. The van der Waals surface area contributed by atoms with Crippen LogP contribution in [0.1, 0.15) is 35.9 Å². The Morgan fingerprint density at radius 3 is 2.67 bits per heavy atom. The van der Waals surface area contributed by atoms with Crippen molar-refractivity contribution < 1.29 is 4.42 Å². The summed E-state index contributed by atoms with van der Waals surface area (Å²) in [4.78, 5) is 11.3. The van der Waals surface area contributed by atoms with Crippen LogP contribution in [-0.2, 0) is 19.4 Å². The summed E-state index contributed by atoms with van der Waals surface area (Å²) in [6.45, 7) is 2.76. The van der Waals surface area contributed by atoms with Gasteiger partial charge in [0.15, 0.2) is 0 Å². The number of nitrogens with zero attached hydrogens (tertiary/aromatic N) is 5. The van der Waals surface area contributed by atoms with E-state index in [1.54, 1.807) is 6.33 Å². The van der Waals surface area contributed by atoms with E-state index < -0.39 is 0 Å². The van der Waals surface area contributed by atoms with Crippen molar-refractivity contribution in [2.24, 2.45) is 0 Å². The Balaban J connectivity index is 1.66. The van der Waals surface area contributed by atoms with Gasteiger partial charge in [-0.15, -0.1) is 10.2 Å². The van der Waals surface area contributed by atoms with E-state index in [1.165, 1.54) is 11.1 Å². The van der Waals surface area contributed by atoms with E-state index in [1.807, 2.05) is 25.1 Å². The smallest absolute Gasteiger partial charge is 0.239 e. The number of para-hydroxylation sites is 1. The van der Waals surface area contributed by atoms with Gasteiger partial charge in [0, 0.05) is 24.8 Å². The van der Waals surface area contributed by atoms with Gasteiger partial charge in [-0.1, -0.05) is 43.3 Å². The Bertz CT molecular complexity index is 1100. The lowest BCUT2D eigenvalue weighted by Crippen LogP contribution is -2.35. The average Bonchev–Trinajstić information content (AvgIpc) is 3.21. The molecule has 0 N–H and O–H groups in total. The van der Waals surface area contributed by atoms with Crippen LogP contribution in [0.5, 0.6) is 0 Å². The maximum Gasteiger partial charge on any atom is 0.239 e. The second kappa shape index (κ2) is 6.46. The first kappa shape index (κ1) is 15.9. The molecule has 5 rings (SSSR count). The molecule has 6 heteroatoms. The maximum absolute atomic E-state index is 5.94. The Labute approximate surface area is 156 Å². The van der Waals surface area contributed by atoms with Crippen molar-refractivity contribution in [3.8, 4) is 0 Å². The molecule has 0 saturated carbocycles. The summed E-state index contributed by atoms with van der Waals surface area (Å²) in [6.07, 6.45) is 3.16. The zero-order chi connectivity index (χ0) is 18.2. The van der Waals surface area contributed by atoms with Crippen LogP contribution in [0, 0.1) is 0 Å². The van der Waals surface area contributed by atoms with E-state index in [9.17, 15) is 0 Å². The van der Waals surface area contributed by atoms with Crippen LogP contribution in [0.2, 0.25) is 0 Å². The van der Waals surface area contributed by atoms with Gasteiger partial charge in [0.1, 0.15) is 18.2 Å². The zero-order valence-corrected chi connectivity index (χ0v) is 15.0. The fourth-order valence-electron chi connectivity index (χ4n) is 3.73. The number of anilines is 1. The Morgan fingerprint density at radius 2 is 1.81 bits per heavy atom. The molecule has 0 saturated heterocycles. The molecule has 1 aliphatic rings. The molecule has 0 bridgehead atoms. The van der Waals surface area contributed by atoms with Crippen LogP contribution in [-0.4, -0.2) is 20.2 Å². The topological polar surface area (TPSA) is 67.9 Å². The van der Waals surface area contributed by atoms with Crippen LogP contribution in [0.4, 0.5) is 5.82 Å². The van der Waals surface area contributed by atoms with E-state index in [0.717, 1.165) is 36.1 Å². The number of aryl methyl sites for hydroxylation is 1. The predicted molar refractivity (Wildman–Crippen MR) is 102 cm³/mol. The highest BCUT2D eigenvalue weighted by atomic mass is 16.4. The molecule has 6 nitrogen and oxygen atoms in total. The number of aromatic nitrogens is 4. The molecule has 0 unspecified atom stereocenters. The van der Waals surface area contributed by atoms with Gasteiger partial charge in [-0.05, 0) is 23.3 Å². The predicted octanol–water partition coefficient (Wildman–Crippen LogP) is 3.88. The molecule has 1 aliphatic heterocycles. The minimum Gasteiger partial charge on any atom is -0.423 e. The SMILES string of the molecule is CCc1nnc([C@@H]2Cc3ccccc3CN2c2ncnc3ccccc23)o1. The van der Waals surface area contributed by atoms with Crippen molar-refractivity contribution >= 4 is 16.7 Å². The van der Waals surface area contributed by atoms with Crippen molar-refractivity contribution in [3.05, 3.63) is 77.8 Å². The van der Waals surface area contributed by atoms with Crippen LogP contribution < -0.4 is 4.90 Å². The lowest BCUT2D eigenvalue weighted by Gasteiger charge is -2.36.